The highest BCUT2D eigenvalue weighted by atomic mass is 32.1. The molecule has 0 radical (unpaired) electrons. The van der Waals surface area contributed by atoms with Crippen LogP contribution in [0.4, 0.5) is 9.52 Å². The number of amides is 1. The van der Waals surface area contributed by atoms with Gasteiger partial charge in [0, 0.05) is 5.56 Å². The average Bonchev–Trinajstić information content (AvgIpc) is 3.31. The van der Waals surface area contributed by atoms with Gasteiger partial charge in [-0.15, -0.1) is 0 Å². The van der Waals surface area contributed by atoms with Crippen LogP contribution in [0.2, 0.25) is 0 Å². The van der Waals surface area contributed by atoms with Gasteiger partial charge in [-0.25, -0.2) is 14.2 Å². The number of aliphatic hydroxyl groups excluding tert-OH is 1. The third-order valence-corrected chi connectivity index (χ3v) is 6.27. The van der Waals surface area contributed by atoms with E-state index in [4.69, 9.17) is 4.74 Å². The van der Waals surface area contributed by atoms with Gasteiger partial charge in [0.05, 0.1) is 23.9 Å². The number of anilines is 1. The van der Waals surface area contributed by atoms with E-state index in [0.717, 1.165) is 23.5 Å². The molecule has 2 heterocycles. The zero-order valence-electron chi connectivity index (χ0n) is 17.7. The number of esters is 1. The predicted octanol–water partition coefficient (Wildman–Crippen LogP) is 4.39. The van der Waals surface area contributed by atoms with Gasteiger partial charge >= 0.3 is 11.9 Å². The van der Waals surface area contributed by atoms with Gasteiger partial charge in [0.25, 0.3) is 5.78 Å². The fraction of sp³-hybridized carbons (Fsp3) is 0.167. The molecule has 1 aromatic heterocycles. The van der Waals surface area contributed by atoms with Crippen LogP contribution in [-0.4, -0.2) is 34.4 Å². The van der Waals surface area contributed by atoms with Gasteiger partial charge in [-0.05, 0) is 43.7 Å². The van der Waals surface area contributed by atoms with Crippen molar-refractivity contribution in [2.75, 3.05) is 11.5 Å². The monoisotopic (exact) mass is 466 g/mol. The Morgan fingerprint density at radius 2 is 1.82 bits per heavy atom. The Morgan fingerprint density at radius 3 is 2.45 bits per heavy atom. The molecule has 0 unspecified atom stereocenters. The molecule has 0 aliphatic carbocycles. The highest BCUT2D eigenvalue weighted by Crippen LogP contribution is 2.43. The Morgan fingerprint density at radius 1 is 1.15 bits per heavy atom. The number of aryl methyl sites for hydroxylation is 1. The summed E-state index contributed by atoms with van der Waals surface area (Å²) < 4.78 is 18.4. The molecule has 3 aromatic rings. The fourth-order valence-electron chi connectivity index (χ4n) is 3.62. The lowest BCUT2D eigenvalue weighted by Gasteiger charge is -2.22. The Labute approximate surface area is 192 Å². The second-order valence-electron chi connectivity index (χ2n) is 7.22. The van der Waals surface area contributed by atoms with E-state index in [2.05, 4.69) is 4.98 Å². The van der Waals surface area contributed by atoms with Crippen LogP contribution in [0.15, 0.2) is 60.2 Å². The molecule has 0 bridgehead atoms. The minimum atomic E-state index is -0.989. The first kappa shape index (κ1) is 22.3. The van der Waals surface area contributed by atoms with Crippen molar-refractivity contribution in [1.82, 2.24) is 4.98 Å². The van der Waals surface area contributed by atoms with Crippen molar-refractivity contribution in [3.05, 3.63) is 87.7 Å². The number of aliphatic hydroxyl groups is 1. The average molecular weight is 466 g/mol. The van der Waals surface area contributed by atoms with Crippen molar-refractivity contribution in [2.24, 2.45) is 0 Å². The van der Waals surface area contributed by atoms with E-state index in [1.165, 1.54) is 17.0 Å². The number of Topliss-reactive ketones (excluding diaryl/α,β-unsaturated/α-hetero) is 1. The topological polar surface area (TPSA) is 96.8 Å². The number of carbonyl (C=O) groups is 3. The third kappa shape index (κ3) is 4.03. The molecule has 9 heteroatoms. The van der Waals surface area contributed by atoms with E-state index in [9.17, 15) is 23.9 Å². The van der Waals surface area contributed by atoms with Crippen LogP contribution in [-0.2, 0) is 14.3 Å². The normalized spacial score (nSPS) is 17.4. The maximum atomic E-state index is 13.4. The summed E-state index contributed by atoms with van der Waals surface area (Å²) in [5.74, 6) is -3.30. The number of ether oxygens (including phenoxy) is 1. The van der Waals surface area contributed by atoms with Gasteiger partial charge in [0.15, 0.2) is 5.13 Å². The fourth-order valence-corrected chi connectivity index (χ4v) is 4.60. The third-order valence-electron chi connectivity index (χ3n) is 5.13. The molecule has 0 saturated carbocycles. The second kappa shape index (κ2) is 8.95. The number of hydrogen-bond donors (Lipinski definition) is 1. The predicted molar refractivity (Wildman–Crippen MR) is 120 cm³/mol. The number of ketones is 1. The van der Waals surface area contributed by atoms with E-state index < -0.39 is 35.3 Å². The molecule has 168 valence electrons. The van der Waals surface area contributed by atoms with Crippen LogP contribution >= 0.6 is 11.3 Å². The molecule has 33 heavy (non-hydrogen) atoms. The van der Waals surface area contributed by atoms with Crippen molar-refractivity contribution >= 4 is 39.9 Å². The van der Waals surface area contributed by atoms with Crippen molar-refractivity contribution in [3.8, 4) is 0 Å². The van der Waals surface area contributed by atoms with Gasteiger partial charge < -0.3 is 9.84 Å². The van der Waals surface area contributed by atoms with Crippen LogP contribution in [0.3, 0.4) is 0 Å². The molecule has 1 amide bonds. The molecule has 1 N–H and O–H groups in total. The number of thiazole rings is 1. The van der Waals surface area contributed by atoms with Crippen LogP contribution < -0.4 is 4.90 Å². The highest BCUT2D eigenvalue weighted by Gasteiger charge is 2.48. The first-order valence-corrected chi connectivity index (χ1v) is 10.9. The van der Waals surface area contributed by atoms with Crippen molar-refractivity contribution < 1.29 is 28.6 Å². The summed E-state index contributed by atoms with van der Waals surface area (Å²) in [5.41, 5.74) is 0.966. The summed E-state index contributed by atoms with van der Waals surface area (Å²) in [5, 5.41) is 11.1. The first-order chi connectivity index (χ1) is 15.8. The molecule has 1 aliphatic rings. The summed E-state index contributed by atoms with van der Waals surface area (Å²) in [7, 11) is 0. The summed E-state index contributed by atoms with van der Waals surface area (Å²) in [6.45, 7) is 3.47. The number of halogens is 1. The summed E-state index contributed by atoms with van der Waals surface area (Å²) in [6.07, 6.45) is 0. The van der Waals surface area contributed by atoms with Crippen molar-refractivity contribution in [2.45, 2.75) is 19.9 Å². The maximum absolute atomic E-state index is 13.4. The maximum Gasteiger partial charge on any atom is 0.350 e. The Balaban J connectivity index is 1.89. The van der Waals surface area contributed by atoms with Gasteiger partial charge in [0.2, 0.25) is 0 Å². The minimum absolute atomic E-state index is 0.129. The van der Waals surface area contributed by atoms with Gasteiger partial charge in [-0.1, -0.05) is 41.7 Å². The molecule has 2 aromatic carbocycles. The van der Waals surface area contributed by atoms with E-state index >= 15 is 0 Å². The molecule has 0 spiro atoms. The number of benzene rings is 2. The van der Waals surface area contributed by atoms with Crippen LogP contribution in [0.1, 0.15) is 39.5 Å². The minimum Gasteiger partial charge on any atom is -0.507 e. The molecule has 1 aliphatic heterocycles. The molecule has 4 rings (SSSR count). The summed E-state index contributed by atoms with van der Waals surface area (Å²) in [4.78, 5) is 44.2. The molecular formula is C24H19FN2O5S. The number of rotatable bonds is 5. The largest absolute Gasteiger partial charge is 0.507 e. The Hall–Kier alpha value is -3.85. The van der Waals surface area contributed by atoms with Crippen LogP contribution in [0.25, 0.3) is 5.76 Å². The van der Waals surface area contributed by atoms with Gasteiger partial charge in [-0.2, -0.15) is 0 Å². The van der Waals surface area contributed by atoms with Gasteiger partial charge in [-0.3, -0.25) is 14.5 Å². The highest BCUT2D eigenvalue weighted by molar-refractivity contribution is 7.17. The molecule has 7 nitrogen and oxygen atoms in total. The first-order valence-electron chi connectivity index (χ1n) is 10.1. The van der Waals surface area contributed by atoms with E-state index in [-0.39, 0.29) is 27.8 Å². The van der Waals surface area contributed by atoms with E-state index in [0.29, 0.717) is 11.3 Å². The zero-order chi connectivity index (χ0) is 23.7. The number of hydrogen-bond acceptors (Lipinski definition) is 7. The number of carbonyl (C=O) groups excluding carboxylic acids is 3. The SMILES string of the molecule is CCOC(=O)c1sc(N2C(=O)C(=O)C(=C(O)c3ccc(F)cc3)[C@H]2c2ccccc2)nc1C. The Bertz CT molecular complexity index is 1270. The second-order valence-corrected chi connectivity index (χ2v) is 8.20. The standard InChI is InChI=1S/C24H19FN2O5S/c1-3-32-23(31)21-13(2)26-24(33-21)27-18(14-7-5-4-6-8-14)17(20(29)22(27)30)19(28)15-9-11-16(25)12-10-15/h4-12,18,28H,3H2,1-2H3/t18-/m1/s1. The lowest BCUT2D eigenvalue weighted by Crippen LogP contribution is -2.29. The smallest absolute Gasteiger partial charge is 0.350 e. The van der Waals surface area contributed by atoms with E-state index in [1.54, 1.807) is 44.2 Å². The van der Waals surface area contributed by atoms with E-state index in [1.807, 2.05) is 0 Å². The van der Waals surface area contributed by atoms with Crippen LogP contribution in [0.5, 0.6) is 0 Å². The number of nitrogens with zero attached hydrogens (tertiary/aromatic N) is 2. The molecule has 1 saturated heterocycles. The lowest BCUT2D eigenvalue weighted by molar-refractivity contribution is -0.132. The lowest BCUT2D eigenvalue weighted by atomic mass is 9.95. The van der Waals surface area contributed by atoms with Gasteiger partial charge in [0.1, 0.15) is 16.5 Å². The molecule has 1 fully saturated rings. The summed E-state index contributed by atoms with van der Waals surface area (Å²) >= 11 is 0.934. The van der Waals surface area contributed by atoms with Crippen molar-refractivity contribution in [3.63, 3.8) is 0 Å². The molecular weight excluding hydrogens is 447 g/mol. The quantitative estimate of drug-likeness (QED) is 0.259. The zero-order valence-corrected chi connectivity index (χ0v) is 18.6. The Kier molecular flexibility index (Phi) is 6.06. The summed E-state index contributed by atoms with van der Waals surface area (Å²) in [6, 6.07) is 12.7. The number of aromatic nitrogens is 1. The van der Waals surface area contributed by atoms with Crippen LogP contribution in [0, 0.1) is 12.7 Å². The van der Waals surface area contributed by atoms with Crippen molar-refractivity contribution in [1.29, 1.82) is 0 Å². The molecule has 1 atom stereocenters.